The van der Waals surface area contributed by atoms with Gasteiger partial charge in [-0.3, -0.25) is 14.7 Å². The lowest BCUT2D eigenvalue weighted by molar-refractivity contribution is -0.205. The summed E-state index contributed by atoms with van der Waals surface area (Å²) in [4.78, 5) is 9.06. The van der Waals surface area contributed by atoms with Crippen molar-refractivity contribution in [1.29, 1.82) is 5.26 Å². The largest absolute Gasteiger partial charge is 0.398 e. The molecule has 11 heteroatoms. The first-order valence-electron chi connectivity index (χ1n) is 10.6. The van der Waals surface area contributed by atoms with Crippen LogP contribution in [0.5, 0.6) is 0 Å². The maximum Gasteiger partial charge on any atom is 0.329 e. The Morgan fingerprint density at radius 3 is 2.59 bits per heavy atom. The second-order valence-corrected chi connectivity index (χ2v) is 9.93. The highest BCUT2D eigenvalue weighted by atomic mass is 32.2. The minimum absolute atomic E-state index is 0.189. The fourth-order valence-corrected chi connectivity index (χ4v) is 4.16. The van der Waals surface area contributed by atoms with E-state index in [1.807, 2.05) is 32.9 Å². The molecule has 0 saturated carbocycles. The molecular weight excluding hydrogens is 468 g/mol. The molecule has 0 radical (unpaired) electrons. The number of fused-ring (bicyclic) bond motifs is 1. The molecule has 1 unspecified atom stereocenters. The zero-order valence-corrected chi connectivity index (χ0v) is 20.1. The van der Waals surface area contributed by atoms with Crippen LogP contribution in [0, 0.1) is 11.3 Å². The van der Waals surface area contributed by atoms with Gasteiger partial charge in [0, 0.05) is 36.4 Å². The normalized spacial score (nSPS) is 16.9. The molecule has 182 valence electrons. The lowest BCUT2D eigenvalue weighted by Gasteiger charge is -2.24. The van der Waals surface area contributed by atoms with E-state index in [1.54, 1.807) is 6.07 Å². The maximum atomic E-state index is 13.8. The highest BCUT2D eigenvalue weighted by Crippen LogP contribution is 2.35. The van der Waals surface area contributed by atoms with E-state index in [4.69, 9.17) is 10.7 Å². The molecule has 2 N–H and O–H groups in total. The van der Waals surface area contributed by atoms with Gasteiger partial charge in [-0.1, -0.05) is 13.0 Å². The van der Waals surface area contributed by atoms with Gasteiger partial charge in [0.1, 0.15) is 17.8 Å². The number of thioether (sulfide) groups is 1. The number of anilines is 1. The van der Waals surface area contributed by atoms with Gasteiger partial charge < -0.3 is 5.73 Å². The van der Waals surface area contributed by atoms with Crippen molar-refractivity contribution in [3.63, 3.8) is 0 Å². The summed E-state index contributed by atoms with van der Waals surface area (Å²) < 4.78 is 55.0. The quantitative estimate of drug-likeness (QED) is 0.252. The molecule has 0 saturated heterocycles. The molecule has 2 aromatic rings. The fourth-order valence-electron chi connectivity index (χ4n) is 3.35. The molecule has 34 heavy (non-hydrogen) atoms. The standard InChI is InChI=1S/C23H26F4N6S/c1-5-34-20(16-7-6-15(9-17(16)29)21(2,3)12-28)32-19-8-14-10-31-33(18(14)11-30-19)13-23(26,27)22(4,24)25/h6-7,9-11,19H,5,8,13,29H2,1-4H3/b32-20-. The van der Waals surface area contributed by atoms with E-state index in [1.165, 1.54) is 24.2 Å². The van der Waals surface area contributed by atoms with Gasteiger partial charge in [-0.05, 0) is 37.3 Å². The summed E-state index contributed by atoms with van der Waals surface area (Å²) in [6.45, 7) is 4.53. The van der Waals surface area contributed by atoms with Gasteiger partial charge in [0.15, 0.2) is 0 Å². The smallest absolute Gasteiger partial charge is 0.329 e. The number of aromatic nitrogens is 2. The number of nitrogens with zero attached hydrogens (tertiary/aromatic N) is 5. The van der Waals surface area contributed by atoms with Gasteiger partial charge in [0.2, 0.25) is 0 Å². The Morgan fingerprint density at radius 1 is 1.29 bits per heavy atom. The molecule has 0 spiro atoms. The van der Waals surface area contributed by atoms with Crippen molar-refractivity contribution >= 4 is 28.7 Å². The average Bonchev–Trinajstić information content (AvgIpc) is 3.14. The third-order valence-corrected chi connectivity index (χ3v) is 6.44. The Balaban J connectivity index is 1.87. The molecule has 1 aromatic carbocycles. The van der Waals surface area contributed by atoms with E-state index in [9.17, 15) is 22.8 Å². The predicted octanol–water partition coefficient (Wildman–Crippen LogP) is 5.06. The molecule has 1 atom stereocenters. The van der Waals surface area contributed by atoms with Crippen LogP contribution in [0.15, 0.2) is 34.4 Å². The van der Waals surface area contributed by atoms with Crippen molar-refractivity contribution in [2.45, 2.75) is 64.1 Å². The molecule has 3 rings (SSSR count). The molecule has 2 heterocycles. The van der Waals surface area contributed by atoms with E-state index in [2.05, 4.69) is 16.2 Å². The van der Waals surface area contributed by atoms with Gasteiger partial charge in [-0.25, -0.2) is 8.78 Å². The number of halogens is 4. The third kappa shape index (κ3) is 5.27. The first-order valence-corrected chi connectivity index (χ1v) is 11.6. The SMILES string of the molecule is CCS/C(=N\C1Cc2cnn(CC(F)(F)C(C)(F)F)c2C=N1)c1ccc(C(C)(C)C#N)cc1N. The highest BCUT2D eigenvalue weighted by molar-refractivity contribution is 8.14. The van der Waals surface area contributed by atoms with Crippen LogP contribution in [-0.4, -0.2) is 44.8 Å². The third-order valence-electron chi connectivity index (χ3n) is 5.55. The van der Waals surface area contributed by atoms with Crippen LogP contribution in [0.25, 0.3) is 0 Å². The summed E-state index contributed by atoms with van der Waals surface area (Å²) in [7, 11) is 0. The van der Waals surface area contributed by atoms with Crippen molar-refractivity contribution < 1.29 is 17.6 Å². The highest BCUT2D eigenvalue weighted by Gasteiger charge is 2.52. The van der Waals surface area contributed by atoms with Crippen LogP contribution in [0.4, 0.5) is 23.2 Å². The van der Waals surface area contributed by atoms with Gasteiger partial charge in [0.25, 0.3) is 0 Å². The van der Waals surface area contributed by atoms with E-state index < -0.39 is 30.0 Å². The summed E-state index contributed by atoms with van der Waals surface area (Å²) >= 11 is 1.48. The van der Waals surface area contributed by atoms with Crippen LogP contribution < -0.4 is 5.73 Å². The Hall–Kier alpha value is -2.87. The molecule has 1 aliphatic heterocycles. The second-order valence-electron chi connectivity index (χ2n) is 8.67. The number of hydrogen-bond acceptors (Lipinski definition) is 6. The molecule has 0 fully saturated rings. The number of nitrogen functional groups attached to an aromatic ring is 1. The molecule has 1 aromatic heterocycles. The van der Waals surface area contributed by atoms with E-state index >= 15 is 0 Å². The van der Waals surface area contributed by atoms with Gasteiger partial charge in [0.05, 0.1) is 23.4 Å². The number of hydrogen-bond donors (Lipinski definition) is 1. The number of nitriles is 1. The Bertz CT molecular complexity index is 1160. The molecule has 0 aliphatic carbocycles. The molecule has 1 aliphatic rings. The Morgan fingerprint density at radius 2 is 2.00 bits per heavy atom. The van der Waals surface area contributed by atoms with Crippen molar-refractivity contribution in [3.8, 4) is 6.07 Å². The monoisotopic (exact) mass is 494 g/mol. The first kappa shape index (κ1) is 25.7. The Labute approximate surface area is 200 Å². The summed E-state index contributed by atoms with van der Waals surface area (Å²) in [5.41, 5.74) is 8.46. The van der Waals surface area contributed by atoms with Crippen molar-refractivity contribution in [3.05, 3.63) is 46.8 Å². The van der Waals surface area contributed by atoms with Crippen molar-refractivity contribution in [1.82, 2.24) is 9.78 Å². The summed E-state index contributed by atoms with van der Waals surface area (Å²) in [5.74, 6) is -7.69. The van der Waals surface area contributed by atoms with E-state index in [0.29, 0.717) is 21.9 Å². The number of nitrogens with two attached hydrogens (primary N) is 1. The average molecular weight is 495 g/mol. The topological polar surface area (TPSA) is 92.3 Å². The van der Waals surface area contributed by atoms with Crippen molar-refractivity contribution in [2.75, 3.05) is 11.5 Å². The van der Waals surface area contributed by atoms with Gasteiger partial charge >= 0.3 is 11.8 Å². The lowest BCUT2D eigenvalue weighted by Crippen LogP contribution is -2.42. The van der Waals surface area contributed by atoms with Crippen LogP contribution in [0.1, 0.15) is 50.1 Å². The van der Waals surface area contributed by atoms with Gasteiger partial charge in [-0.2, -0.15) is 19.1 Å². The minimum atomic E-state index is -4.25. The first-order chi connectivity index (χ1) is 15.8. The predicted molar refractivity (Wildman–Crippen MR) is 127 cm³/mol. The lowest BCUT2D eigenvalue weighted by atomic mass is 9.85. The van der Waals surface area contributed by atoms with Crippen LogP contribution in [0.2, 0.25) is 0 Å². The molecule has 0 amide bonds. The van der Waals surface area contributed by atoms with Crippen LogP contribution in [-0.2, 0) is 18.4 Å². The summed E-state index contributed by atoms with van der Waals surface area (Å²) in [6, 6.07) is 7.69. The number of rotatable bonds is 7. The zero-order chi connectivity index (χ0) is 25.3. The van der Waals surface area contributed by atoms with Gasteiger partial charge in [-0.15, -0.1) is 11.8 Å². The van der Waals surface area contributed by atoms with Crippen LogP contribution in [0.3, 0.4) is 0 Å². The number of benzene rings is 1. The second kappa shape index (κ2) is 9.41. The molecule has 0 bridgehead atoms. The van der Waals surface area contributed by atoms with Crippen LogP contribution >= 0.6 is 11.8 Å². The number of alkyl halides is 4. The molecule has 6 nitrogen and oxygen atoms in total. The minimum Gasteiger partial charge on any atom is -0.398 e. The Kier molecular flexibility index (Phi) is 7.12. The van der Waals surface area contributed by atoms with E-state index in [0.717, 1.165) is 16.0 Å². The maximum absolute atomic E-state index is 13.8. The molecular formula is C23H26F4N6S. The fraction of sp³-hybridized carbons (Fsp3) is 0.478. The summed E-state index contributed by atoms with van der Waals surface area (Å²) in [5, 5.41) is 13.9. The number of aliphatic imine (C=N–C) groups is 2. The zero-order valence-electron chi connectivity index (χ0n) is 19.3. The van der Waals surface area contributed by atoms with E-state index in [-0.39, 0.29) is 19.0 Å². The summed E-state index contributed by atoms with van der Waals surface area (Å²) in [6.07, 6.45) is 2.47. The van der Waals surface area contributed by atoms with Crippen molar-refractivity contribution in [2.24, 2.45) is 9.98 Å².